The van der Waals surface area contributed by atoms with Crippen molar-refractivity contribution >= 4 is 26.9 Å². The molecule has 0 spiro atoms. The Hall–Kier alpha value is -1.03. The van der Waals surface area contributed by atoms with Crippen LogP contribution >= 0.6 is 7.82 Å². The Bertz CT molecular complexity index is 566. The van der Waals surface area contributed by atoms with Gasteiger partial charge in [0.1, 0.15) is 0 Å². The Morgan fingerprint density at radius 3 is 3.24 bits per heavy atom. The van der Waals surface area contributed by atoms with Crippen LogP contribution in [0.4, 0.5) is 11.5 Å². The van der Waals surface area contributed by atoms with Crippen LogP contribution < -0.4 is 10.2 Å². The van der Waals surface area contributed by atoms with E-state index in [-0.39, 0.29) is 6.61 Å². The second-order valence-corrected chi connectivity index (χ2v) is 7.73. The molecule has 1 aromatic rings. The molecule has 2 saturated heterocycles. The van der Waals surface area contributed by atoms with E-state index in [1.165, 1.54) is 13.9 Å². The Morgan fingerprint density at radius 2 is 2.38 bits per heavy atom. The molecule has 0 amide bonds. The molecule has 4 rings (SSSR count). The van der Waals surface area contributed by atoms with Gasteiger partial charge in [-0.05, 0) is 0 Å². The van der Waals surface area contributed by atoms with E-state index < -0.39 is 32.4 Å². The Labute approximate surface area is 122 Å². The molecule has 2 fully saturated rings. The first kappa shape index (κ1) is 13.6. The minimum absolute atomic E-state index is 0.218. The Balaban J connectivity index is 1.58. The normalized spacial score (nSPS) is 38.5. The third-order valence-electron chi connectivity index (χ3n) is 3.89. The van der Waals surface area contributed by atoms with Gasteiger partial charge in [-0.25, -0.2) is 0 Å². The van der Waals surface area contributed by atoms with E-state index in [0.717, 1.165) is 5.69 Å². The number of hydrogen-bond donors (Lipinski definition) is 3. The predicted octanol–water partition coefficient (Wildman–Crippen LogP) is -1.80. The second kappa shape index (κ2) is 4.74. The van der Waals surface area contributed by atoms with Gasteiger partial charge in [-0.15, -0.1) is 0 Å². The molecule has 21 heavy (non-hydrogen) atoms. The zero-order chi connectivity index (χ0) is 14.6. The molecule has 11 heteroatoms. The maximum absolute atomic E-state index is 10.5. The number of aliphatic hydroxyl groups is 1. The fourth-order valence-corrected chi connectivity index (χ4v) is 4.25. The number of nitrogens with one attached hydrogen (secondary N) is 1. The number of rotatable bonds is 1. The number of anilines is 2. The first-order chi connectivity index (χ1) is 10.1. The van der Waals surface area contributed by atoms with Gasteiger partial charge < -0.3 is 0 Å². The summed E-state index contributed by atoms with van der Waals surface area (Å²) in [5.41, 5.74) is 0.793. The van der Waals surface area contributed by atoms with Crippen LogP contribution in [0.2, 0.25) is 0 Å². The quantitative estimate of drug-likeness (QED) is 0.409. The van der Waals surface area contributed by atoms with Crippen LogP contribution in [0.25, 0.3) is 0 Å². The van der Waals surface area contributed by atoms with Crippen LogP contribution in [-0.4, -0.2) is 65.3 Å². The molecule has 0 radical (unpaired) electrons. The van der Waals surface area contributed by atoms with Crippen molar-refractivity contribution in [3.8, 4) is 0 Å². The molecule has 114 valence electrons. The molecule has 1 aromatic heterocycles. The van der Waals surface area contributed by atoms with Crippen LogP contribution in [0.3, 0.4) is 0 Å². The van der Waals surface area contributed by atoms with E-state index in [2.05, 4.69) is 15.3 Å². The summed E-state index contributed by atoms with van der Waals surface area (Å²) in [6, 6.07) is 0. The van der Waals surface area contributed by atoms with Crippen molar-refractivity contribution in [2.75, 3.05) is 23.5 Å². The van der Waals surface area contributed by atoms with Crippen molar-refractivity contribution in [3.63, 3.8) is 0 Å². The number of fused-ring (bicyclic) bond motifs is 2. The second-order valence-electron chi connectivity index (χ2n) is 5.41. The molecule has 0 aromatic carbocycles. The van der Waals surface area contributed by atoms with Crippen molar-refractivity contribution in [2.24, 2.45) is 0 Å². The average Bonchev–Trinajstić information content (AvgIpc) is 3.00. The summed E-state index contributed by atoms with van der Waals surface area (Å²) in [4.78, 5) is 19.9. The topological polar surface area (TPSA) is 109 Å². The van der Waals surface area contributed by atoms with Crippen molar-refractivity contribution in [1.29, 1.82) is 0 Å². The summed E-state index contributed by atoms with van der Waals surface area (Å²) in [6.45, 7) is 0.680. The van der Waals surface area contributed by atoms with Gasteiger partial charge in [0.05, 0.1) is 0 Å². The van der Waals surface area contributed by atoms with E-state index in [1.54, 1.807) is 6.20 Å². The van der Waals surface area contributed by atoms with Crippen LogP contribution in [0.5, 0.6) is 0 Å². The van der Waals surface area contributed by atoms with E-state index in [1.807, 2.05) is 4.90 Å². The summed E-state index contributed by atoms with van der Waals surface area (Å²) >= 11 is 0. The zero-order valence-corrected chi connectivity index (χ0v) is 12.3. The van der Waals surface area contributed by atoms with E-state index in [0.29, 0.717) is 12.5 Å². The van der Waals surface area contributed by atoms with E-state index in [9.17, 15) is 10.00 Å². The monoisotopic (exact) mass is 314 g/mol. The Morgan fingerprint density at radius 1 is 1.52 bits per heavy atom. The number of hydrogen-bond acceptors (Lipinski definition) is 9. The van der Waals surface area contributed by atoms with Gasteiger partial charge >= 0.3 is 121 Å². The van der Waals surface area contributed by atoms with Gasteiger partial charge in [0, 0.05) is 0 Å². The molecule has 3 aliphatic rings. The molecule has 0 bridgehead atoms. The fourth-order valence-electron chi connectivity index (χ4n) is 2.91. The molecule has 3 N–H and O–H groups in total. The number of aromatic nitrogens is 2. The predicted molar refractivity (Wildman–Crippen MR) is 77.6 cm³/mol. The van der Waals surface area contributed by atoms with Crippen LogP contribution in [0.1, 0.15) is 0 Å². The summed E-state index contributed by atoms with van der Waals surface area (Å²) in [5.74, 6) is 0.678. The van der Waals surface area contributed by atoms with Gasteiger partial charge in [-0.1, -0.05) is 0 Å². The van der Waals surface area contributed by atoms with Gasteiger partial charge in [0.25, 0.3) is 0 Å². The SMILES string of the molecule is B[PH]1(O)OCC2OC(N3CNc4cncnc43)C(O)[C@@H]2O1. The first-order valence-corrected chi connectivity index (χ1v) is 9.00. The summed E-state index contributed by atoms with van der Waals surface area (Å²) in [7, 11) is -1.63. The number of aliphatic hydroxyl groups excluding tert-OH is 1. The molecule has 4 heterocycles. The summed E-state index contributed by atoms with van der Waals surface area (Å²) in [6.07, 6.45) is 0.647. The third-order valence-corrected chi connectivity index (χ3v) is 5.30. The first-order valence-electron chi connectivity index (χ1n) is 6.73. The standard InChI is InChI=1S/C10H16BN4O5P/c11-21(17)18-2-6-8(20-21)7(16)10(19-6)15-4-14-5-1-12-3-13-9(5)15/h1,3,6-8,10,14,16-17,21H,2,4,11H2/t6?,7?,8-,10?/m1/s1. The fraction of sp³-hybridized carbons (Fsp3) is 0.600. The van der Waals surface area contributed by atoms with E-state index in [4.69, 9.17) is 13.8 Å². The van der Waals surface area contributed by atoms with Crippen molar-refractivity contribution in [1.82, 2.24) is 9.97 Å². The molecule has 0 saturated carbocycles. The summed E-state index contributed by atoms with van der Waals surface area (Å²) in [5, 5.41) is 13.6. The molecular weight excluding hydrogens is 298 g/mol. The molecule has 3 aliphatic heterocycles. The number of nitrogens with zero attached hydrogens (tertiary/aromatic N) is 3. The van der Waals surface area contributed by atoms with Crippen LogP contribution in [0, 0.1) is 0 Å². The van der Waals surface area contributed by atoms with Gasteiger partial charge in [0.15, 0.2) is 0 Å². The van der Waals surface area contributed by atoms with E-state index >= 15 is 0 Å². The maximum atomic E-state index is 10.5. The van der Waals surface area contributed by atoms with Crippen molar-refractivity contribution < 1.29 is 23.8 Å². The van der Waals surface area contributed by atoms with Crippen molar-refractivity contribution in [2.45, 2.75) is 24.5 Å². The van der Waals surface area contributed by atoms with Gasteiger partial charge in [-0.3, -0.25) is 0 Å². The molecule has 3 unspecified atom stereocenters. The molecular formula is C10H16BN4O5P. The van der Waals surface area contributed by atoms with Gasteiger partial charge in [-0.2, -0.15) is 0 Å². The number of ether oxygens (including phenoxy) is 1. The molecule has 9 nitrogen and oxygen atoms in total. The molecule has 4 atom stereocenters. The minimum atomic E-state index is -3.16. The Kier molecular flexibility index (Phi) is 3.07. The van der Waals surface area contributed by atoms with Crippen LogP contribution in [-0.2, 0) is 13.8 Å². The van der Waals surface area contributed by atoms with Crippen LogP contribution in [0.15, 0.2) is 12.5 Å². The average molecular weight is 314 g/mol. The summed E-state index contributed by atoms with van der Waals surface area (Å²) < 4.78 is 16.6. The van der Waals surface area contributed by atoms with Crippen molar-refractivity contribution in [3.05, 3.63) is 12.5 Å². The van der Waals surface area contributed by atoms with Gasteiger partial charge in [0.2, 0.25) is 0 Å². The molecule has 0 aliphatic carbocycles. The third kappa shape index (κ3) is 2.19. The zero-order valence-electron chi connectivity index (χ0n) is 11.3.